The van der Waals surface area contributed by atoms with Gasteiger partial charge in [0.05, 0.1) is 12.5 Å². The zero-order valence-corrected chi connectivity index (χ0v) is 12.5. The van der Waals surface area contributed by atoms with Gasteiger partial charge in [-0.25, -0.2) is 0 Å². The van der Waals surface area contributed by atoms with Gasteiger partial charge < -0.3 is 5.32 Å². The van der Waals surface area contributed by atoms with Gasteiger partial charge in [0, 0.05) is 12.1 Å². The monoisotopic (exact) mass is 266 g/mol. The molecule has 0 spiro atoms. The molecule has 2 fully saturated rings. The van der Waals surface area contributed by atoms with Crippen LogP contribution in [0.3, 0.4) is 0 Å². The summed E-state index contributed by atoms with van der Waals surface area (Å²) in [5.74, 6) is 1.29. The lowest BCUT2D eigenvalue weighted by molar-refractivity contribution is -0.140. The second-order valence-corrected chi connectivity index (χ2v) is 6.62. The van der Waals surface area contributed by atoms with Crippen molar-refractivity contribution in [1.82, 2.24) is 10.2 Å². The zero-order valence-electron chi connectivity index (χ0n) is 12.5. The van der Waals surface area contributed by atoms with E-state index in [1.54, 1.807) is 0 Å². The van der Waals surface area contributed by atoms with Gasteiger partial charge >= 0.3 is 0 Å². The summed E-state index contributed by atoms with van der Waals surface area (Å²) in [5.41, 5.74) is 0. The van der Waals surface area contributed by atoms with Crippen LogP contribution in [-0.2, 0) is 9.59 Å². The van der Waals surface area contributed by atoms with E-state index in [4.69, 9.17) is 0 Å². The van der Waals surface area contributed by atoms with Crippen molar-refractivity contribution in [3.8, 4) is 0 Å². The molecule has 1 N–H and O–H groups in total. The van der Waals surface area contributed by atoms with Crippen molar-refractivity contribution in [3.63, 3.8) is 0 Å². The normalized spacial score (nSPS) is 36.4. The number of hydrogen-bond donors (Lipinski definition) is 1. The molecule has 0 bridgehead atoms. The van der Waals surface area contributed by atoms with Crippen LogP contribution in [0.25, 0.3) is 0 Å². The van der Waals surface area contributed by atoms with Crippen LogP contribution in [0.15, 0.2) is 0 Å². The summed E-state index contributed by atoms with van der Waals surface area (Å²) in [7, 11) is 0. The van der Waals surface area contributed by atoms with E-state index in [-0.39, 0.29) is 23.9 Å². The Balaban J connectivity index is 1.97. The lowest BCUT2D eigenvalue weighted by Crippen LogP contribution is -2.48. The second kappa shape index (κ2) is 5.61. The first-order valence-corrected chi connectivity index (χ1v) is 7.52. The average molecular weight is 266 g/mol. The van der Waals surface area contributed by atoms with Gasteiger partial charge in [-0.2, -0.15) is 0 Å². The van der Waals surface area contributed by atoms with Gasteiger partial charge in [0.15, 0.2) is 0 Å². The Kier molecular flexibility index (Phi) is 4.29. The highest BCUT2D eigenvalue weighted by Crippen LogP contribution is 2.29. The smallest absolute Gasteiger partial charge is 0.247 e. The van der Waals surface area contributed by atoms with Crippen LogP contribution in [0.4, 0.5) is 0 Å². The van der Waals surface area contributed by atoms with Crippen molar-refractivity contribution >= 4 is 11.8 Å². The van der Waals surface area contributed by atoms with E-state index in [0.717, 1.165) is 12.3 Å². The first-order valence-electron chi connectivity index (χ1n) is 7.52. The Bertz CT molecular complexity index is 367. The van der Waals surface area contributed by atoms with Crippen LogP contribution in [0.2, 0.25) is 0 Å². The van der Waals surface area contributed by atoms with E-state index in [0.29, 0.717) is 18.4 Å². The number of rotatable bonds is 3. The summed E-state index contributed by atoms with van der Waals surface area (Å²) in [6.07, 6.45) is 3.86. The fourth-order valence-electron chi connectivity index (χ4n) is 3.50. The molecule has 1 saturated carbocycles. The minimum absolute atomic E-state index is 0.0319. The molecule has 0 aromatic heterocycles. The van der Waals surface area contributed by atoms with Crippen molar-refractivity contribution in [3.05, 3.63) is 0 Å². The van der Waals surface area contributed by atoms with Crippen LogP contribution < -0.4 is 5.32 Å². The summed E-state index contributed by atoms with van der Waals surface area (Å²) in [4.78, 5) is 25.5. The van der Waals surface area contributed by atoms with Crippen LogP contribution in [0.5, 0.6) is 0 Å². The molecule has 1 aliphatic carbocycles. The average Bonchev–Trinajstić information content (AvgIpc) is 2.58. The van der Waals surface area contributed by atoms with E-state index in [1.807, 2.05) is 13.8 Å². The molecule has 1 saturated heterocycles. The van der Waals surface area contributed by atoms with E-state index >= 15 is 0 Å². The Morgan fingerprint density at radius 3 is 2.42 bits per heavy atom. The molecule has 2 aliphatic rings. The summed E-state index contributed by atoms with van der Waals surface area (Å²) in [6.45, 7) is 8.32. The zero-order chi connectivity index (χ0) is 14.2. The highest BCUT2D eigenvalue weighted by molar-refractivity contribution is 6.05. The summed E-state index contributed by atoms with van der Waals surface area (Å²) >= 11 is 0. The van der Waals surface area contributed by atoms with Gasteiger partial charge in [-0.1, -0.05) is 13.8 Å². The molecule has 19 heavy (non-hydrogen) atoms. The molecule has 0 unspecified atom stereocenters. The molecule has 2 amide bonds. The molecule has 108 valence electrons. The maximum absolute atomic E-state index is 12.2. The maximum atomic E-state index is 12.2. The van der Waals surface area contributed by atoms with E-state index in [1.165, 1.54) is 17.7 Å². The Labute approximate surface area is 115 Å². The number of nitrogens with zero attached hydrogens (tertiary/aromatic N) is 1. The third kappa shape index (κ3) is 2.99. The largest absolute Gasteiger partial charge is 0.302 e. The highest BCUT2D eigenvalue weighted by atomic mass is 16.2. The van der Waals surface area contributed by atoms with Gasteiger partial charge in [0.1, 0.15) is 0 Å². The molecule has 0 aromatic rings. The number of likely N-dealkylation sites (tertiary alicyclic amines) is 1. The summed E-state index contributed by atoms with van der Waals surface area (Å²) in [6, 6.07) is 0.0522. The number of carbonyl (C=O) groups is 2. The Hall–Kier alpha value is -0.900. The predicted octanol–water partition coefficient (Wildman–Crippen LogP) is 1.94. The van der Waals surface area contributed by atoms with Crippen LogP contribution >= 0.6 is 0 Å². The highest BCUT2D eigenvalue weighted by Gasteiger charge is 2.41. The van der Waals surface area contributed by atoms with Gasteiger partial charge in [0.25, 0.3) is 0 Å². The number of hydrogen-bond acceptors (Lipinski definition) is 3. The minimum Gasteiger partial charge on any atom is -0.302 e. The van der Waals surface area contributed by atoms with Gasteiger partial charge in [-0.15, -0.1) is 0 Å². The lowest BCUT2D eigenvalue weighted by atomic mass is 9.79. The molecular formula is C15H26N2O2. The first-order chi connectivity index (χ1) is 8.90. The summed E-state index contributed by atoms with van der Waals surface area (Å²) in [5, 5.41) is 3.44. The molecular weight excluding hydrogens is 240 g/mol. The topological polar surface area (TPSA) is 49.4 Å². The fourth-order valence-corrected chi connectivity index (χ4v) is 3.50. The van der Waals surface area contributed by atoms with Gasteiger partial charge in [0.2, 0.25) is 11.8 Å². The molecule has 1 heterocycles. The van der Waals surface area contributed by atoms with Crippen molar-refractivity contribution in [2.24, 2.45) is 11.8 Å². The number of carbonyl (C=O) groups excluding carboxylic acids is 2. The van der Waals surface area contributed by atoms with E-state index < -0.39 is 0 Å². The number of imide groups is 1. The van der Waals surface area contributed by atoms with Crippen LogP contribution in [-0.4, -0.2) is 34.8 Å². The quantitative estimate of drug-likeness (QED) is 0.794. The van der Waals surface area contributed by atoms with E-state index in [9.17, 15) is 9.59 Å². The Morgan fingerprint density at radius 2 is 1.89 bits per heavy atom. The molecule has 2 rings (SSSR count). The minimum atomic E-state index is -0.296. The van der Waals surface area contributed by atoms with Crippen molar-refractivity contribution in [1.29, 1.82) is 0 Å². The molecule has 4 nitrogen and oxygen atoms in total. The lowest BCUT2D eigenvalue weighted by Gasteiger charge is -2.34. The van der Waals surface area contributed by atoms with Gasteiger partial charge in [-0.05, 0) is 44.9 Å². The van der Waals surface area contributed by atoms with Crippen molar-refractivity contribution in [2.75, 3.05) is 0 Å². The van der Waals surface area contributed by atoms with Crippen molar-refractivity contribution < 1.29 is 9.59 Å². The third-order valence-corrected chi connectivity index (χ3v) is 4.55. The van der Waals surface area contributed by atoms with Crippen LogP contribution in [0.1, 0.15) is 53.4 Å². The predicted molar refractivity (Wildman–Crippen MR) is 74.5 cm³/mol. The maximum Gasteiger partial charge on any atom is 0.247 e. The fraction of sp³-hybridized carbons (Fsp3) is 0.867. The number of amides is 2. The Morgan fingerprint density at radius 1 is 1.21 bits per heavy atom. The SMILES string of the molecule is CC(C)N1C(=O)C[C@@H](N[C@H]2CC[C@@H](C)C[C@@H]2C)C1=O. The van der Waals surface area contributed by atoms with E-state index in [2.05, 4.69) is 19.2 Å². The molecule has 0 radical (unpaired) electrons. The second-order valence-electron chi connectivity index (χ2n) is 6.62. The standard InChI is InChI=1S/C15H26N2O2/c1-9(2)17-14(18)8-13(15(17)19)16-12-6-5-10(3)7-11(12)4/h9-13,16H,5-8H2,1-4H3/t10-,11+,12+,13-/m1/s1. The molecule has 0 aromatic carbocycles. The molecule has 4 heteroatoms. The number of nitrogens with one attached hydrogen (secondary N) is 1. The van der Waals surface area contributed by atoms with Crippen LogP contribution in [0, 0.1) is 11.8 Å². The molecule has 1 aliphatic heterocycles. The third-order valence-electron chi connectivity index (χ3n) is 4.55. The van der Waals surface area contributed by atoms with Gasteiger partial charge in [-0.3, -0.25) is 14.5 Å². The first kappa shape index (κ1) is 14.5. The van der Waals surface area contributed by atoms with Crippen molar-refractivity contribution in [2.45, 2.75) is 71.5 Å². The molecule has 4 atom stereocenters. The summed E-state index contributed by atoms with van der Waals surface area (Å²) < 4.78 is 0.